The molecule has 1 nitrogen and oxygen atoms in total. The van der Waals surface area contributed by atoms with Gasteiger partial charge in [-0.3, -0.25) is 0 Å². The Morgan fingerprint density at radius 1 is 1.75 bits per heavy atom. The zero-order valence-electron chi connectivity index (χ0n) is 5.65. The molecule has 0 saturated carbocycles. The van der Waals surface area contributed by atoms with E-state index in [1.54, 1.807) is 0 Å². The Hall–Kier alpha value is -0.300. The molecule has 0 aromatic carbocycles. The molecule has 0 aromatic heterocycles. The van der Waals surface area contributed by atoms with Gasteiger partial charge in [0.2, 0.25) is 0 Å². The lowest BCUT2D eigenvalue weighted by atomic mass is 10.1. The summed E-state index contributed by atoms with van der Waals surface area (Å²) < 4.78 is 0. The summed E-state index contributed by atoms with van der Waals surface area (Å²) in [6.45, 7) is 7.58. The molecule has 0 aromatic rings. The molecule has 0 spiro atoms. The van der Waals surface area contributed by atoms with Crippen LogP contribution in [0.2, 0.25) is 0 Å². The molecule has 1 atom stereocenters. The molecule has 0 saturated heterocycles. The fraction of sp³-hybridized carbons (Fsp3) is 0.714. The molecule has 0 aliphatic heterocycles. The topological polar surface area (TPSA) is 20.2 Å². The summed E-state index contributed by atoms with van der Waals surface area (Å²) in [5.41, 5.74) is 1.05. The van der Waals surface area contributed by atoms with Gasteiger partial charge in [-0.15, -0.1) is 6.58 Å². The molecule has 8 heavy (non-hydrogen) atoms. The van der Waals surface area contributed by atoms with Crippen LogP contribution in [0.5, 0.6) is 0 Å². The van der Waals surface area contributed by atoms with Gasteiger partial charge in [0.25, 0.3) is 0 Å². The monoisotopic (exact) mass is 114 g/mol. The Morgan fingerprint density at radius 2 is 2.25 bits per heavy atom. The molecule has 1 N–H and O–H groups in total. The first-order chi connectivity index (χ1) is 3.66. The molecule has 0 rings (SSSR count). The maximum Gasteiger partial charge on any atom is 0.0574 e. The van der Waals surface area contributed by atoms with Crippen molar-refractivity contribution in [3.63, 3.8) is 0 Å². The lowest BCUT2D eigenvalue weighted by molar-refractivity contribution is 0.171. The Balaban J connectivity index is 3.24. The largest absolute Gasteiger partial charge is 0.393 e. The van der Waals surface area contributed by atoms with Gasteiger partial charge in [-0.05, 0) is 19.8 Å². The van der Waals surface area contributed by atoms with Crippen LogP contribution >= 0.6 is 0 Å². The minimum Gasteiger partial charge on any atom is -0.393 e. The van der Waals surface area contributed by atoms with Gasteiger partial charge in [-0.2, -0.15) is 0 Å². The van der Waals surface area contributed by atoms with Crippen molar-refractivity contribution in [3.05, 3.63) is 12.2 Å². The van der Waals surface area contributed by atoms with E-state index in [1.165, 1.54) is 0 Å². The highest BCUT2D eigenvalue weighted by Crippen LogP contribution is 2.03. The molecular weight excluding hydrogens is 100 g/mol. The van der Waals surface area contributed by atoms with Gasteiger partial charge in [-0.1, -0.05) is 12.5 Å². The van der Waals surface area contributed by atoms with Crippen molar-refractivity contribution in [3.8, 4) is 0 Å². The highest BCUT2D eigenvalue weighted by atomic mass is 16.3. The summed E-state index contributed by atoms with van der Waals surface area (Å²) in [4.78, 5) is 0. The molecule has 0 aliphatic carbocycles. The zero-order valence-corrected chi connectivity index (χ0v) is 5.65. The van der Waals surface area contributed by atoms with E-state index in [-0.39, 0.29) is 6.10 Å². The van der Waals surface area contributed by atoms with Crippen molar-refractivity contribution in [2.45, 2.75) is 32.8 Å². The third-order valence-corrected chi connectivity index (χ3v) is 1.06. The fourth-order valence-corrected chi connectivity index (χ4v) is 0.547. The minimum atomic E-state index is -0.174. The number of aliphatic hydroxyl groups is 1. The van der Waals surface area contributed by atoms with Gasteiger partial charge in [-0.25, -0.2) is 0 Å². The Morgan fingerprint density at radius 3 is 2.38 bits per heavy atom. The minimum absolute atomic E-state index is 0.174. The second kappa shape index (κ2) is 3.67. The van der Waals surface area contributed by atoms with Crippen LogP contribution in [0, 0.1) is 0 Å². The predicted octanol–water partition coefficient (Wildman–Crippen LogP) is 1.72. The van der Waals surface area contributed by atoms with E-state index < -0.39 is 0 Å². The number of hydrogen-bond acceptors (Lipinski definition) is 1. The van der Waals surface area contributed by atoms with Crippen molar-refractivity contribution in [1.82, 2.24) is 0 Å². The smallest absolute Gasteiger partial charge is 0.0574 e. The Kier molecular flexibility index (Phi) is 3.53. The van der Waals surface area contributed by atoms with Crippen LogP contribution in [0.1, 0.15) is 26.7 Å². The van der Waals surface area contributed by atoms with Gasteiger partial charge >= 0.3 is 0 Å². The molecule has 0 aliphatic rings. The van der Waals surface area contributed by atoms with Gasteiger partial charge in [0, 0.05) is 0 Å². The van der Waals surface area contributed by atoms with Crippen molar-refractivity contribution in [1.29, 1.82) is 0 Å². The standard InChI is InChI=1S/C7H14O/c1-4-7(8)5-6(2)3/h7-8H,2,4-5H2,1,3H3/t7-/m0/s1. The third kappa shape index (κ3) is 3.88. The SMILES string of the molecule is C=C(C)C[C@@H](O)CC. The van der Waals surface area contributed by atoms with Crippen LogP contribution in [-0.4, -0.2) is 11.2 Å². The van der Waals surface area contributed by atoms with E-state index in [2.05, 4.69) is 6.58 Å². The van der Waals surface area contributed by atoms with E-state index in [1.807, 2.05) is 13.8 Å². The van der Waals surface area contributed by atoms with Crippen LogP contribution < -0.4 is 0 Å². The van der Waals surface area contributed by atoms with E-state index >= 15 is 0 Å². The van der Waals surface area contributed by atoms with Gasteiger partial charge < -0.3 is 5.11 Å². The first-order valence-electron chi connectivity index (χ1n) is 2.99. The van der Waals surface area contributed by atoms with Crippen molar-refractivity contribution >= 4 is 0 Å². The third-order valence-electron chi connectivity index (χ3n) is 1.06. The Bertz CT molecular complexity index is 76.5. The first kappa shape index (κ1) is 7.70. The van der Waals surface area contributed by atoms with E-state index in [0.29, 0.717) is 0 Å². The summed E-state index contributed by atoms with van der Waals surface area (Å²) in [6.07, 6.45) is 1.40. The lowest BCUT2D eigenvalue weighted by Crippen LogP contribution is -2.03. The number of aliphatic hydroxyl groups excluding tert-OH is 1. The number of hydrogen-bond donors (Lipinski definition) is 1. The summed E-state index contributed by atoms with van der Waals surface area (Å²) >= 11 is 0. The van der Waals surface area contributed by atoms with E-state index in [4.69, 9.17) is 5.11 Å². The van der Waals surface area contributed by atoms with Gasteiger partial charge in [0.15, 0.2) is 0 Å². The van der Waals surface area contributed by atoms with E-state index in [9.17, 15) is 0 Å². The molecule has 0 unspecified atom stereocenters. The van der Waals surface area contributed by atoms with Crippen molar-refractivity contribution < 1.29 is 5.11 Å². The molecule has 1 heteroatoms. The van der Waals surface area contributed by atoms with Crippen LogP contribution in [-0.2, 0) is 0 Å². The van der Waals surface area contributed by atoms with Crippen molar-refractivity contribution in [2.75, 3.05) is 0 Å². The maximum absolute atomic E-state index is 8.97. The van der Waals surface area contributed by atoms with E-state index in [0.717, 1.165) is 18.4 Å². The molecular formula is C7H14O. The highest BCUT2D eigenvalue weighted by molar-refractivity contribution is 4.89. The number of rotatable bonds is 3. The molecule has 0 amide bonds. The molecule has 0 bridgehead atoms. The average Bonchev–Trinajstić information content (AvgIpc) is 1.65. The molecule has 0 radical (unpaired) electrons. The summed E-state index contributed by atoms with van der Waals surface area (Å²) in [5, 5.41) is 8.97. The zero-order chi connectivity index (χ0) is 6.57. The first-order valence-corrected chi connectivity index (χ1v) is 2.99. The highest BCUT2D eigenvalue weighted by Gasteiger charge is 1.97. The second-order valence-corrected chi connectivity index (χ2v) is 2.22. The van der Waals surface area contributed by atoms with Gasteiger partial charge in [0.1, 0.15) is 0 Å². The Labute approximate surface area is 51.0 Å². The summed E-state index contributed by atoms with van der Waals surface area (Å²) in [6, 6.07) is 0. The van der Waals surface area contributed by atoms with Crippen LogP contribution in [0.4, 0.5) is 0 Å². The van der Waals surface area contributed by atoms with Crippen LogP contribution in [0.25, 0.3) is 0 Å². The van der Waals surface area contributed by atoms with Crippen LogP contribution in [0.3, 0.4) is 0 Å². The normalized spacial score (nSPS) is 13.4. The second-order valence-electron chi connectivity index (χ2n) is 2.22. The average molecular weight is 114 g/mol. The maximum atomic E-state index is 8.97. The quantitative estimate of drug-likeness (QED) is 0.554. The van der Waals surface area contributed by atoms with Crippen LogP contribution in [0.15, 0.2) is 12.2 Å². The fourth-order valence-electron chi connectivity index (χ4n) is 0.547. The summed E-state index contributed by atoms with van der Waals surface area (Å²) in [5.74, 6) is 0. The molecule has 0 fully saturated rings. The lowest BCUT2D eigenvalue weighted by Gasteiger charge is -2.04. The van der Waals surface area contributed by atoms with Crippen molar-refractivity contribution in [2.24, 2.45) is 0 Å². The predicted molar refractivity (Wildman–Crippen MR) is 35.7 cm³/mol. The molecule has 48 valence electrons. The molecule has 0 heterocycles. The van der Waals surface area contributed by atoms with Gasteiger partial charge in [0.05, 0.1) is 6.10 Å². The summed E-state index contributed by atoms with van der Waals surface area (Å²) in [7, 11) is 0.